The summed E-state index contributed by atoms with van der Waals surface area (Å²) in [5, 5.41) is 0. The molecule has 0 bridgehead atoms. The van der Waals surface area contributed by atoms with E-state index < -0.39 is 18.4 Å². The Bertz CT molecular complexity index is 613. The fraction of sp³-hybridized carbons (Fsp3) is 0.364. The summed E-state index contributed by atoms with van der Waals surface area (Å²) in [6.45, 7) is -0.0325. The SMILES string of the molecule is Nc1ccc2c(c1)oc(=O)n2CCCC(F)(F)F. The zero-order valence-corrected chi connectivity index (χ0v) is 9.33. The fourth-order valence-electron chi connectivity index (χ4n) is 1.73. The zero-order chi connectivity index (χ0) is 13.3. The van der Waals surface area contributed by atoms with E-state index in [4.69, 9.17) is 10.2 Å². The maximum atomic E-state index is 12.0. The van der Waals surface area contributed by atoms with Crippen LogP contribution in [0.2, 0.25) is 0 Å². The molecule has 2 aromatic rings. The minimum atomic E-state index is -4.21. The molecule has 7 heteroatoms. The summed E-state index contributed by atoms with van der Waals surface area (Å²) in [4.78, 5) is 11.5. The molecule has 0 fully saturated rings. The van der Waals surface area contributed by atoms with Crippen LogP contribution in [0.15, 0.2) is 27.4 Å². The number of hydrogen-bond acceptors (Lipinski definition) is 3. The van der Waals surface area contributed by atoms with Crippen molar-refractivity contribution in [3.05, 3.63) is 28.7 Å². The largest absolute Gasteiger partial charge is 0.419 e. The number of benzene rings is 1. The van der Waals surface area contributed by atoms with Gasteiger partial charge >= 0.3 is 11.9 Å². The van der Waals surface area contributed by atoms with Crippen LogP contribution in [-0.4, -0.2) is 10.7 Å². The molecule has 0 aliphatic heterocycles. The van der Waals surface area contributed by atoms with E-state index in [0.29, 0.717) is 11.2 Å². The Kier molecular flexibility index (Phi) is 3.06. The van der Waals surface area contributed by atoms with Gasteiger partial charge in [0.25, 0.3) is 0 Å². The number of fused-ring (bicyclic) bond motifs is 1. The first kappa shape index (κ1) is 12.5. The minimum Gasteiger partial charge on any atom is -0.408 e. The summed E-state index contributed by atoms with van der Waals surface area (Å²) in [5.41, 5.74) is 6.69. The Morgan fingerprint density at radius 3 is 2.72 bits per heavy atom. The first-order chi connectivity index (χ1) is 8.37. The molecular weight excluding hydrogens is 249 g/mol. The number of oxazole rings is 1. The lowest BCUT2D eigenvalue weighted by Gasteiger charge is -2.06. The van der Waals surface area contributed by atoms with Crippen LogP contribution < -0.4 is 11.5 Å². The Morgan fingerprint density at radius 1 is 1.33 bits per heavy atom. The molecule has 1 aromatic heterocycles. The van der Waals surface area contributed by atoms with Crippen LogP contribution in [0.3, 0.4) is 0 Å². The lowest BCUT2D eigenvalue weighted by molar-refractivity contribution is -0.135. The Balaban J connectivity index is 2.23. The highest BCUT2D eigenvalue weighted by molar-refractivity contribution is 5.76. The van der Waals surface area contributed by atoms with Gasteiger partial charge in [0.05, 0.1) is 5.52 Å². The van der Waals surface area contributed by atoms with Gasteiger partial charge < -0.3 is 10.2 Å². The average molecular weight is 260 g/mol. The van der Waals surface area contributed by atoms with Crippen molar-refractivity contribution in [2.45, 2.75) is 25.6 Å². The second-order valence-corrected chi connectivity index (χ2v) is 3.97. The number of hydrogen-bond donors (Lipinski definition) is 1. The van der Waals surface area contributed by atoms with Crippen molar-refractivity contribution < 1.29 is 17.6 Å². The van der Waals surface area contributed by atoms with Gasteiger partial charge in [-0.05, 0) is 18.6 Å². The smallest absolute Gasteiger partial charge is 0.408 e. The highest BCUT2D eigenvalue weighted by atomic mass is 19.4. The zero-order valence-electron chi connectivity index (χ0n) is 9.33. The summed E-state index contributed by atoms with van der Waals surface area (Å²) in [6, 6.07) is 4.59. The van der Waals surface area contributed by atoms with Crippen molar-refractivity contribution in [1.82, 2.24) is 4.57 Å². The lowest BCUT2D eigenvalue weighted by Crippen LogP contribution is -2.16. The van der Waals surface area contributed by atoms with Crippen molar-refractivity contribution in [3.8, 4) is 0 Å². The number of rotatable bonds is 3. The summed E-state index contributed by atoms with van der Waals surface area (Å²) in [5.74, 6) is -0.669. The predicted octanol–water partition coefficient (Wildman–Crippen LogP) is 2.52. The van der Waals surface area contributed by atoms with Crippen molar-refractivity contribution in [1.29, 1.82) is 0 Å². The van der Waals surface area contributed by atoms with Crippen LogP contribution >= 0.6 is 0 Å². The molecular formula is C11H11F3N2O2. The third-order valence-corrected chi connectivity index (χ3v) is 2.53. The topological polar surface area (TPSA) is 61.2 Å². The molecule has 1 heterocycles. The molecule has 2 rings (SSSR count). The first-order valence-electron chi connectivity index (χ1n) is 5.32. The van der Waals surface area contributed by atoms with Gasteiger partial charge in [-0.1, -0.05) is 0 Å². The van der Waals surface area contributed by atoms with Crippen molar-refractivity contribution in [2.24, 2.45) is 0 Å². The van der Waals surface area contributed by atoms with Gasteiger partial charge in [0.15, 0.2) is 5.58 Å². The molecule has 0 atom stereocenters. The fourth-order valence-corrected chi connectivity index (χ4v) is 1.73. The van der Waals surface area contributed by atoms with Crippen LogP contribution in [0.4, 0.5) is 18.9 Å². The number of nitrogen functional groups attached to an aromatic ring is 1. The van der Waals surface area contributed by atoms with Gasteiger partial charge in [0, 0.05) is 24.7 Å². The van der Waals surface area contributed by atoms with Crippen molar-refractivity contribution >= 4 is 16.8 Å². The van der Waals surface area contributed by atoms with Crippen LogP contribution in [0.25, 0.3) is 11.1 Å². The van der Waals surface area contributed by atoms with Gasteiger partial charge in [-0.25, -0.2) is 4.79 Å². The number of alkyl halides is 3. The van der Waals surface area contributed by atoms with E-state index in [1.165, 1.54) is 10.6 Å². The van der Waals surface area contributed by atoms with E-state index in [1.807, 2.05) is 0 Å². The molecule has 4 nitrogen and oxygen atoms in total. The van der Waals surface area contributed by atoms with Gasteiger partial charge in [-0.3, -0.25) is 4.57 Å². The Hall–Kier alpha value is -1.92. The minimum absolute atomic E-state index is 0.0325. The van der Waals surface area contributed by atoms with Crippen molar-refractivity contribution in [3.63, 3.8) is 0 Å². The Labute approximate surface area is 99.8 Å². The molecule has 0 saturated heterocycles. The number of aryl methyl sites for hydroxylation is 1. The van der Waals surface area contributed by atoms with Crippen LogP contribution in [0.5, 0.6) is 0 Å². The Morgan fingerprint density at radius 2 is 2.06 bits per heavy atom. The number of anilines is 1. The maximum Gasteiger partial charge on any atom is 0.419 e. The molecule has 0 radical (unpaired) electrons. The highest BCUT2D eigenvalue weighted by Crippen LogP contribution is 2.22. The van der Waals surface area contributed by atoms with Gasteiger partial charge in [0.1, 0.15) is 0 Å². The number of aromatic nitrogens is 1. The quantitative estimate of drug-likeness (QED) is 0.862. The van der Waals surface area contributed by atoms with Crippen LogP contribution in [0.1, 0.15) is 12.8 Å². The van der Waals surface area contributed by atoms with Crippen LogP contribution in [-0.2, 0) is 6.54 Å². The highest BCUT2D eigenvalue weighted by Gasteiger charge is 2.26. The molecule has 0 spiro atoms. The monoisotopic (exact) mass is 260 g/mol. The van der Waals surface area contributed by atoms with E-state index in [2.05, 4.69) is 0 Å². The first-order valence-corrected chi connectivity index (χ1v) is 5.32. The molecule has 98 valence electrons. The number of halogens is 3. The third-order valence-electron chi connectivity index (χ3n) is 2.53. The molecule has 0 aliphatic rings. The second kappa shape index (κ2) is 4.40. The maximum absolute atomic E-state index is 12.0. The third kappa shape index (κ3) is 2.66. The molecule has 1 aromatic carbocycles. The molecule has 0 amide bonds. The molecule has 0 unspecified atom stereocenters. The summed E-state index contributed by atoms with van der Waals surface area (Å²) in [6.07, 6.45) is -5.31. The van der Waals surface area contributed by atoms with Gasteiger partial charge in [-0.15, -0.1) is 0 Å². The lowest BCUT2D eigenvalue weighted by atomic mass is 10.2. The molecule has 0 saturated carbocycles. The van der Waals surface area contributed by atoms with E-state index in [1.54, 1.807) is 12.1 Å². The predicted molar refractivity (Wildman–Crippen MR) is 60.2 cm³/mol. The number of nitrogens with two attached hydrogens (primary N) is 1. The average Bonchev–Trinajstić information content (AvgIpc) is 2.52. The van der Waals surface area contributed by atoms with Gasteiger partial charge in [0.2, 0.25) is 0 Å². The normalized spacial score (nSPS) is 12.2. The van der Waals surface area contributed by atoms with Crippen LogP contribution in [0, 0.1) is 0 Å². The van der Waals surface area contributed by atoms with Gasteiger partial charge in [-0.2, -0.15) is 13.2 Å². The summed E-state index contributed by atoms with van der Waals surface area (Å²) >= 11 is 0. The molecule has 2 N–H and O–H groups in total. The van der Waals surface area contributed by atoms with E-state index >= 15 is 0 Å². The second-order valence-electron chi connectivity index (χ2n) is 3.97. The molecule has 0 aliphatic carbocycles. The number of nitrogens with zero attached hydrogens (tertiary/aromatic N) is 1. The van der Waals surface area contributed by atoms with E-state index in [-0.39, 0.29) is 18.5 Å². The summed E-state index contributed by atoms with van der Waals surface area (Å²) in [7, 11) is 0. The van der Waals surface area contributed by atoms with Crippen molar-refractivity contribution in [2.75, 3.05) is 5.73 Å². The van der Waals surface area contributed by atoms with E-state index in [9.17, 15) is 18.0 Å². The summed E-state index contributed by atoms with van der Waals surface area (Å²) < 4.78 is 42.2. The van der Waals surface area contributed by atoms with E-state index in [0.717, 1.165) is 0 Å². The molecule has 18 heavy (non-hydrogen) atoms. The standard InChI is InChI=1S/C11H11F3N2O2/c12-11(13,14)4-1-5-16-8-3-2-7(15)6-9(8)18-10(16)17/h2-3,6H,1,4-5,15H2.